The van der Waals surface area contributed by atoms with E-state index >= 15 is 0 Å². The normalized spacial score (nSPS) is 47.8. The van der Waals surface area contributed by atoms with Gasteiger partial charge in [-0.2, -0.15) is 11.8 Å². The molecule has 0 aliphatic heterocycles. The fourth-order valence-electron chi connectivity index (χ4n) is 8.67. The number of thioether (sulfide) groups is 1. The quantitative estimate of drug-likeness (QED) is 0.391. The van der Waals surface area contributed by atoms with Gasteiger partial charge in [-0.3, -0.25) is 4.79 Å². The van der Waals surface area contributed by atoms with Crippen LogP contribution in [0.15, 0.2) is 12.2 Å². The molecule has 6 aliphatic rings. The zero-order valence-electron chi connectivity index (χ0n) is 18.0. The van der Waals surface area contributed by atoms with E-state index in [1.807, 2.05) is 0 Å². The number of carboxylic acids is 1. The topological polar surface area (TPSA) is 77.8 Å². The molecule has 5 heteroatoms. The lowest BCUT2D eigenvalue weighted by Crippen LogP contribution is -2.51. The molecule has 2 unspecified atom stereocenters. The maximum Gasteiger partial charge on any atom is 0.313 e. The maximum absolute atomic E-state index is 11.2. The molecule has 0 amide bonds. The second-order valence-corrected chi connectivity index (χ2v) is 12.6. The van der Waals surface area contributed by atoms with Gasteiger partial charge in [-0.1, -0.05) is 12.2 Å². The first kappa shape index (κ1) is 21.3. The summed E-state index contributed by atoms with van der Waals surface area (Å²) in [4.78, 5) is 10.7. The summed E-state index contributed by atoms with van der Waals surface area (Å²) in [6.07, 6.45) is 15.8. The van der Waals surface area contributed by atoms with Gasteiger partial charge in [0.2, 0.25) is 0 Å². The first-order chi connectivity index (χ1) is 14.4. The van der Waals surface area contributed by atoms with Gasteiger partial charge in [-0.25, -0.2) is 0 Å². The highest BCUT2D eigenvalue weighted by Gasteiger charge is 2.53. The van der Waals surface area contributed by atoms with Crippen LogP contribution in [0.25, 0.3) is 0 Å². The van der Waals surface area contributed by atoms with Gasteiger partial charge in [0.1, 0.15) is 0 Å². The van der Waals surface area contributed by atoms with E-state index < -0.39 is 5.97 Å². The van der Waals surface area contributed by atoms with Crippen LogP contribution in [0.1, 0.15) is 64.2 Å². The zero-order valence-corrected chi connectivity index (χ0v) is 18.8. The van der Waals surface area contributed by atoms with Crippen LogP contribution in [0.3, 0.4) is 0 Å². The van der Waals surface area contributed by atoms with E-state index in [-0.39, 0.29) is 29.3 Å². The van der Waals surface area contributed by atoms with Gasteiger partial charge in [0.05, 0.1) is 18.0 Å². The van der Waals surface area contributed by atoms with Crippen molar-refractivity contribution >= 4 is 17.7 Å². The molecule has 30 heavy (non-hydrogen) atoms. The number of rotatable bonds is 8. The molecule has 6 saturated carbocycles. The number of aliphatic hydroxyl groups is 2. The van der Waals surface area contributed by atoms with Gasteiger partial charge in [0.25, 0.3) is 0 Å². The largest absolute Gasteiger partial charge is 0.481 e. The second-order valence-electron chi connectivity index (χ2n) is 11.5. The van der Waals surface area contributed by atoms with Crippen LogP contribution >= 0.6 is 11.8 Å². The number of carboxylic acid groups (broad SMARTS) is 1. The summed E-state index contributed by atoms with van der Waals surface area (Å²) in [5.41, 5.74) is 0.119. The predicted octanol–water partition coefficient (Wildman–Crippen LogP) is 4.35. The Morgan fingerprint density at radius 2 is 1.70 bits per heavy atom. The van der Waals surface area contributed by atoms with Crippen LogP contribution in [0, 0.1) is 46.8 Å². The predicted molar refractivity (Wildman–Crippen MR) is 119 cm³/mol. The van der Waals surface area contributed by atoms with E-state index in [0.717, 1.165) is 42.8 Å². The Bertz CT molecular complexity index is 641. The molecule has 4 nitrogen and oxygen atoms in total. The molecule has 6 aliphatic carbocycles. The molecule has 0 aromatic rings. The molecular weight excluding hydrogens is 396 g/mol. The highest BCUT2D eigenvalue weighted by atomic mass is 32.2. The van der Waals surface area contributed by atoms with Gasteiger partial charge >= 0.3 is 5.97 Å². The van der Waals surface area contributed by atoms with Crippen molar-refractivity contribution in [2.24, 2.45) is 46.8 Å². The van der Waals surface area contributed by atoms with Gasteiger partial charge in [0.15, 0.2) is 0 Å². The SMILES string of the molecule is O=C(O)CSCCC1C[C@@H]2C[C@H](O)[C@@H](C=CC(O)C34CC5CC(CC(C5)C3)C4)[C@@H]2C1. The summed E-state index contributed by atoms with van der Waals surface area (Å²) in [5, 5.41) is 30.7. The Kier molecular flexibility index (Phi) is 6.00. The Morgan fingerprint density at radius 3 is 2.33 bits per heavy atom. The number of fused-ring (bicyclic) bond motifs is 1. The molecule has 0 spiro atoms. The van der Waals surface area contributed by atoms with E-state index in [2.05, 4.69) is 12.2 Å². The minimum absolute atomic E-state index is 0.119. The van der Waals surface area contributed by atoms with Gasteiger partial charge in [-0.15, -0.1) is 0 Å². The number of aliphatic hydroxyl groups excluding tert-OH is 2. The van der Waals surface area contributed by atoms with Crippen molar-refractivity contribution in [1.29, 1.82) is 0 Å². The van der Waals surface area contributed by atoms with Crippen LogP contribution in [-0.4, -0.2) is 45.0 Å². The molecule has 0 aromatic carbocycles. The Hall–Kier alpha value is -0.520. The second kappa shape index (κ2) is 8.44. The highest BCUT2D eigenvalue weighted by Crippen LogP contribution is 2.61. The van der Waals surface area contributed by atoms with E-state index in [9.17, 15) is 15.0 Å². The van der Waals surface area contributed by atoms with Crippen LogP contribution in [0.5, 0.6) is 0 Å². The number of carbonyl (C=O) groups is 1. The van der Waals surface area contributed by atoms with Crippen molar-refractivity contribution in [2.75, 3.05) is 11.5 Å². The molecule has 0 radical (unpaired) electrons. The lowest BCUT2D eigenvalue weighted by molar-refractivity contribution is -0.133. The molecule has 4 bridgehead atoms. The summed E-state index contributed by atoms with van der Waals surface area (Å²) < 4.78 is 0. The zero-order chi connectivity index (χ0) is 20.9. The minimum atomic E-state index is -0.728. The minimum Gasteiger partial charge on any atom is -0.481 e. The van der Waals surface area contributed by atoms with Crippen molar-refractivity contribution < 1.29 is 20.1 Å². The van der Waals surface area contributed by atoms with E-state index in [4.69, 9.17) is 5.11 Å². The smallest absolute Gasteiger partial charge is 0.313 e. The summed E-state index contributed by atoms with van der Waals surface area (Å²) in [5.74, 6) is 4.91. The monoisotopic (exact) mass is 434 g/mol. The third-order valence-electron chi connectivity index (χ3n) is 9.45. The van der Waals surface area contributed by atoms with Crippen LogP contribution in [-0.2, 0) is 4.79 Å². The fraction of sp³-hybridized carbons (Fsp3) is 0.880. The maximum atomic E-state index is 11.2. The molecule has 0 heterocycles. The van der Waals surface area contributed by atoms with E-state index in [0.29, 0.717) is 17.8 Å². The van der Waals surface area contributed by atoms with Gasteiger partial charge in [0, 0.05) is 11.3 Å². The molecule has 0 saturated heterocycles. The lowest BCUT2D eigenvalue weighted by Gasteiger charge is -2.58. The molecule has 6 atom stereocenters. The number of hydrogen-bond donors (Lipinski definition) is 3. The summed E-state index contributed by atoms with van der Waals surface area (Å²) in [6, 6.07) is 0. The van der Waals surface area contributed by atoms with Gasteiger partial charge in [-0.05, 0) is 105 Å². The number of aliphatic carboxylic acids is 1. The first-order valence-corrected chi connectivity index (χ1v) is 13.4. The summed E-state index contributed by atoms with van der Waals surface area (Å²) in [6.45, 7) is 0. The average Bonchev–Trinajstić information content (AvgIpc) is 3.18. The van der Waals surface area contributed by atoms with Crippen LogP contribution in [0.4, 0.5) is 0 Å². The summed E-state index contributed by atoms with van der Waals surface area (Å²) in [7, 11) is 0. The Labute approximate surface area is 184 Å². The van der Waals surface area contributed by atoms with E-state index in [1.54, 1.807) is 0 Å². The van der Waals surface area contributed by atoms with Crippen LogP contribution < -0.4 is 0 Å². The number of hydrogen-bond acceptors (Lipinski definition) is 4. The lowest BCUT2D eigenvalue weighted by atomic mass is 9.48. The molecule has 6 rings (SSSR count). The highest BCUT2D eigenvalue weighted by molar-refractivity contribution is 7.99. The Balaban J connectivity index is 1.18. The molecule has 168 valence electrons. The third kappa shape index (κ3) is 4.11. The molecular formula is C25H38O4S. The van der Waals surface area contributed by atoms with Crippen LogP contribution in [0.2, 0.25) is 0 Å². The van der Waals surface area contributed by atoms with Gasteiger partial charge < -0.3 is 15.3 Å². The molecule has 3 N–H and O–H groups in total. The van der Waals surface area contributed by atoms with Crippen molar-refractivity contribution in [3.63, 3.8) is 0 Å². The molecule has 6 fully saturated rings. The summed E-state index contributed by atoms with van der Waals surface area (Å²) >= 11 is 1.52. The van der Waals surface area contributed by atoms with Crippen molar-refractivity contribution in [3.05, 3.63) is 12.2 Å². The average molecular weight is 435 g/mol. The standard InChI is InChI=1S/C25H38O4S/c26-22-10-19-8-15(3-4-30-14-24(28)29)9-21(19)20(22)1-2-23(27)25-11-16-5-17(12-25)7-18(6-16)13-25/h1-2,15-23,26-27H,3-14H2,(H,28,29)/t15?,16?,17?,18?,19-,20+,21-,22+,23?,25?/m1/s1. The van der Waals surface area contributed by atoms with Crippen molar-refractivity contribution in [1.82, 2.24) is 0 Å². The van der Waals surface area contributed by atoms with E-state index in [1.165, 1.54) is 56.7 Å². The first-order valence-electron chi connectivity index (χ1n) is 12.3. The van der Waals surface area contributed by atoms with Crippen molar-refractivity contribution in [2.45, 2.75) is 76.4 Å². The Morgan fingerprint density at radius 1 is 1.03 bits per heavy atom. The molecule has 0 aromatic heterocycles. The van der Waals surface area contributed by atoms with Crippen molar-refractivity contribution in [3.8, 4) is 0 Å². The fourth-order valence-corrected chi connectivity index (χ4v) is 9.48. The third-order valence-corrected chi connectivity index (χ3v) is 10.4.